The van der Waals surface area contributed by atoms with E-state index >= 15 is 0 Å². The molecule has 0 fully saturated rings. The van der Waals surface area contributed by atoms with Crippen LogP contribution in [0.25, 0.3) is 11.3 Å². The van der Waals surface area contributed by atoms with Crippen molar-refractivity contribution in [3.8, 4) is 11.3 Å². The molecule has 0 aliphatic rings. The molecule has 0 aliphatic heterocycles. The van der Waals surface area contributed by atoms with E-state index in [1.807, 2.05) is 62.4 Å². The van der Waals surface area contributed by atoms with Gasteiger partial charge in [0.2, 0.25) is 5.91 Å². The summed E-state index contributed by atoms with van der Waals surface area (Å²) < 4.78 is 1.04. The normalized spacial score (nSPS) is 10.5. The molecule has 0 bridgehead atoms. The molecule has 0 unspecified atom stereocenters. The second kappa shape index (κ2) is 7.09. The standard InChI is InChI=1S/C19H18N4O2/c1-13-8-9-16(10-14(13)2)21-18(24)12-23-19(25)22-17(11-20-23)15-6-4-3-5-7-15/h3-11H,12H2,1-2H3,(H,21,24). The Morgan fingerprint density at radius 1 is 1.08 bits per heavy atom. The molecule has 1 heterocycles. The highest BCUT2D eigenvalue weighted by Crippen LogP contribution is 2.14. The van der Waals surface area contributed by atoms with Crippen molar-refractivity contribution in [1.29, 1.82) is 0 Å². The number of rotatable bonds is 4. The summed E-state index contributed by atoms with van der Waals surface area (Å²) >= 11 is 0. The Hall–Kier alpha value is -3.28. The van der Waals surface area contributed by atoms with E-state index in [0.717, 1.165) is 21.4 Å². The van der Waals surface area contributed by atoms with Gasteiger partial charge in [0.1, 0.15) is 6.54 Å². The molecule has 0 atom stereocenters. The summed E-state index contributed by atoms with van der Waals surface area (Å²) in [6.07, 6.45) is 1.49. The minimum absolute atomic E-state index is 0.187. The minimum Gasteiger partial charge on any atom is -0.324 e. The van der Waals surface area contributed by atoms with Gasteiger partial charge in [0.05, 0.1) is 11.9 Å². The van der Waals surface area contributed by atoms with E-state index in [1.54, 1.807) is 0 Å². The van der Waals surface area contributed by atoms with Crippen LogP contribution in [0.4, 0.5) is 5.69 Å². The summed E-state index contributed by atoms with van der Waals surface area (Å²) in [6, 6.07) is 15.0. The van der Waals surface area contributed by atoms with E-state index in [-0.39, 0.29) is 12.5 Å². The first kappa shape index (κ1) is 16.6. The molecule has 1 N–H and O–H groups in total. The smallest absolute Gasteiger partial charge is 0.324 e. The third-order valence-corrected chi connectivity index (χ3v) is 3.91. The predicted octanol–water partition coefficient (Wildman–Crippen LogP) is 2.56. The van der Waals surface area contributed by atoms with Crippen LogP contribution in [-0.4, -0.2) is 20.7 Å². The van der Waals surface area contributed by atoms with E-state index < -0.39 is 5.69 Å². The van der Waals surface area contributed by atoms with Crippen molar-refractivity contribution >= 4 is 11.6 Å². The van der Waals surface area contributed by atoms with Gasteiger partial charge in [0, 0.05) is 11.3 Å². The summed E-state index contributed by atoms with van der Waals surface area (Å²) in [4.78, 5) is 28.3. The van der Waals surface area contributed by atoms with Crippen molar-refractivity contribution in [2.24, 2.45) is 0 Å². The van der Waals surface area contributed by atoms with E-state index in [1.165, 1.54) is 6.20 Å². The number of hydrogen-bond acceptors (Lipinski definition) is 4. The lowest BCUT2D eigenvalue weighted by atomic mass is 10.1. The third kappa shape index (κ3) is 3.98. The van der Waals surface area contributed by atoms with Crippen molar-refractivity contribution in [3.05, 3.63) is 76.3 Å². The number of hydrogen-bond donors (Lipinski definition) is 1. The first-order valence-electron chi connectivity index (χ1n) is 7.89. The van der Waals surface area contributed by atoms with Crippen LogP contribution in [0.1, 0.15) is 11.1 Å². The van der Waals surface area contributed by atoms with Crippen LogP contribution in [0.5, 0.6) is 0 Å². The number of carbonyl (C=O) groups excluding carboxylic acids is 1. The maximum atomic E-state index is 12.1. The lowest BCUT2D eigenvalue weighted by molar-refractivity contribution is -0.117. The van der Waals surface area contributed by atoms with Crippen LogP contribution >= 0.6 is 0 Å². The number of aryl methyl sites for hydroxylation is 2. The number of nitrogens with one attached hydrogen (secondary N) is 1. The first-order valence-corrected chi connectivity index (χ1v) is 7.89. The molecular weight excluding hydrogens is 316 g/mol. The topological polar surface area (TPSA) is 76.9 Å². The lowest BCUT2D eigenvalue weighted by Gasteiger charge is -2.08. The molecule has 0 radical (unpaired) electrons. The average molecular weight is 334 g/mol. The van der Waals surface area contributed by atoms with E-state index in [2.05, 4.69) is 15.4 Å². The minimum atomic E-state index is -0.559. The number of anilines is 1. The number of benzene rings is 2. The molecule has 6 nitrogen and oxygen atoms in total. The Morgan fingerprint density at radius 2 is 1.84 bits per heavy atom. The van der Waals surface area contributed by atoms with Crippen LogP contribution in [0.3, 0.4) is 0 Å². The zero-order valence-corrected chi connectivity index (χ0v) is 14.1. The van der Waals surface area contributed by atoms with Crippen molar-refractivity contribution < 1.29 is 4.79 Å². The van der Waals surface area contributed by atoms with Gasteiger partial charge in [-0.2, -0.15) is 10.1 Å². The molecule has 126 valence electrons. The quantitative estimate of drug-likeness (QED) is 0.795. The number of carbonyl (C=O) groups is 1. The second-order valence-corrected chi connectivity index (χ2v) is 5.80. The molecule has 1 amide bonds. The van der Waals surface area contributed by atoms with Gasteiger partial charge in [-0.25, -0.2) is 9.48 Å². The number of aromatic nitrogens is 3. The highest BCUT2D eigenvalue weighted by atomic mass is 16.2. The van der Waals surface area contributed by atoms with Gasteiger partial charge in [-0.15, -0.1) is 0 Å². The Balaban J connectivity index is 1.73. The van der Waals surface area contributed by atoms with E-state index in [9.17, 15) is 9.59 Å². The third-order valence-electron chi connectivity index (χ3n) is 3.91. The lowest BCUT2D eigenvalue weighted by Crippen LogP contribution is -2.31. The summed E-state index contributed by atoms with van der Waals surface area (Å²) in [7, 11) is 0. The molecule has 0 aliphatic carbocycles. The molecular formula is C19H18N4O2. The molecule has 0 spiro atoms. The van der Waals surface area contributed by atoms with Crippen molar-refractivity contribution in [1.82, 2.24) is 14.8 Å². The Labute approximate surface area is 145 Å². The molecule has 3 rings (SSSR count). The fraction of sp³-hybridized carbons (Fsp3) is 0.158. The zero-order valence-electron chi connectivity index (χ0n) is 14.1. The average Bonchev–Trinajstić information content (AvgIpc) is 2.61. The predicted molar refractivity (Wildman–Crippen MR) is 96.3 cm³/mol. The summed E-state index contributed by atoms with van der Waals surface area (Å²) in [5, 5.41) is 6.81. The summed E-state index contributed by atoms with van der Waals surface area (Å²) in [5.41, 5.74) is 3.65. The Bertz CT molecular complexity index is 965. The summed E-state index contributed by atoms with van der Waals surface area (Å²) in [6.45, 7) is 3.79. The maximum Gasteiger partial charge on any atom is 0.365 e. The van der Waals surface area contributed by atoms with Gasteiger partial charge >= 0.3 is 5.69 Å². The largest absolute Gasteiger partial charge is 0.365 e. The monoisotopic (exact) mass is 334 g/mol. The SMILES string of the molecule is Cc1ccc(NC(=O)Cn2ncc(-c3ccccc3)nc2=O)cc1C. The number of amides is 1. The van der Waals surface area contributed by atoms with Crippen molar-refractivity contribution in [2.75, 3.05) is 5.32 Å². The van der Waals surface area contributed by atoms with Gasteiger partial charge in [-0.1, -0.05) is 36.4 Å². The second-order valence-electron chi connectivity index (χ2n) is 5.80. The molecule has 3 aromatic rings. The summed E-state index contributed by atoms with van der Waals surface area (Å²) in [5.74, 6) is -0.327. The van der Waals surface area contributed by atoms with E-state index in [0.29, 0.717) is 11.4 Å². The van der Waals surface area contributed by atoms with Crippen LogP contribution < -0.4 is 11.0 Å². The van der Waals surface area contributed by atoms with Gasteiger partial charge in [0.15, 0.2) is 0 Å². The Kier molecular flexibility index (Phi) is 4.70. The molecule has 0 saturated heterocycles. The molecule has 1 aromatic heterocycles. The van der Waals surface area contributed by atoms with Crippen molar-refractivity contribution in [2.45, 2.75) is 20.4 Å². The molecule has 25 heavy (non-hydrogen) atoms. The van der Waals surface area contributed by atoms with E-state index in [4.69, 9.17) is 0 Å². The molecule has 6 heteroatoms. The molecule has 0 saturated carbocycles. The van der Waals surface area contributed by atoms with Gasteiger partial charge < -0.3 is 5.32 Å². The number of nitrogens with zero attached hydrogens (tertiary/aromatic N) is 3. The zero-order chi connectivity index (χ0) is 17.8. The molecule has 2 aromatic carbocycles. The van der Waals surface area contributed by atoms with Crippen molar-refractivity contribution in [3.63, 3.8) is 0 Å². The first-order chi connectivity index (χ1) is 12.0. The van der Waals surface area contributed by atoms with Crippen LogP contribution in [0.15, 0.2) is 59.5 Å². The maximum absolute atomic E-state index is 12.1. The van der Waals surface area contributed by atoms with Gasteiger partial charge in [-0.05, 0) is 37.1 Å². The van der Waals surface area contributed by atoms with Crippen LogP contribution in [-0.2, 0) is 11.3 Å². The fourth-order valence-corrected chi connectivity index (χ4v) is 2.38. The Morgan fingerprint density at radius 3 is 2.52 bits per heavy atom. The van der Waals surface area contributed by atoms with Crippen LogP contribution in [0, 0.1) is 13.8 Å². The highest BCUT2D eigenvalue weighted by Gasteiger charge is 2.09. The fourth-order valence-electron chi connectivity index (χ4n) is 2.38. The van der Waals surface area contributed by atoms with Gasteiger partial charge in [-0.3, -0.25) is 4.79 Å². The van der Waals surface area contributed by atoms with Crippen LogP contribution in [0.2, 0.25) is 0 Å². The highest BCUT2D eigenvalue weighted by molar-refractivity contribution is 5.90. The van der Waals surface area contributed by atoms with Gasteiger partial charge in [0.25, 0.3) is 0 Å².